The molecule has 5 heteroatoms. The molecule has 0 saturated heterocycles. The molecule has 5 nitrogen and oxygen atoms in total. The minimum absolute atomic E-state index is 0.666. The zero-order chi connectivity index (χ0) is 29.5. The van der Waals surface area contributed by atoms with E-state index in [1.165, 1.54) is 54.4 Å². The summed E-state index contributed by atoms with van der Waals surface area (Å²) in [6, 6.07) is 49.8. The monoisotopic (exact) mass is 575 g/mol. The van der Waals surface area contributed by atoms with E-state index in [1.54, 1.807) is 0 Å². The second-order valence-electron chi connectivity index (χ2n) is 11.5. The number of fused-ring (bicyclic) bond motifs is 11. The molecule has 45 heavy (non-hydrogen) atoms. The van der Waals surface area contributed by atoms with Gasteiger partial charge < -0.3 is 9.13 Å². The van der Waals surface area contributed by atoms with Gasteiger partial charge >= 0.3 is 0 Å². The summed E-state index contributed by atoms with van der Waals surface area (Å²) in [5.74, 6) is 0.666. The third-order valence-corrected chi connectivity index (χ3v) is 9.14. The van der Waals surface area contributed by atoms with Crippen molar-refractivity contribution in [1.82, 2.24) is 23.7 Å². The molecule has 4 aromatic heterocycles. The molecule has 0 atom stereocenters. The van der Waals surface area contributed by atoms with Gasteiger partial charge in [0.15, 0.2) is 0 Å². The van der Waals surface area contributed by atoms with Crippen molar-refractivity contribution in [3.05, 3.63) is 152 Å². The fraction of sp³-hybridized carbons (Fsp3) is 0. The normalized spacial score (nSPS) is 12.0. The summed E-state index contributed by atoms with van der Waals surface area (Å²) in [6.45, 7) is 0. The fourth-order valence-electron chi connectivity index (χ4n) is 7.41. The van der Waals surface area contributed by atoms with Gasteiger partial charge in [0.25, 0.3) is 0 Å². The predicted molar refractivity (Wildman–Crippen MR) is 185 cm³/mol. The molecular formula is C40H25N5. The van der Waals surface area contributed by atoms with Crippen LogP contribution in [0.5, 0.6) is 0 Å². The number of rotatable bonds is 3. The standard InChI is InChI=1S/C40H25N5/c1-3-12-26(13-4-1)43-32-18-9-7-16-30(32)36-34(43)22-20-28-29-21-23-35-37(39(29)44(38(28)36)27-14-5-2-6-15-27)31-17-8-10-19-33(31)45(35)40-41-24-11-25-42-40/h1-25H. The van der Waals surface area contributed by atoms with E-state index >= 15 is 0 Å². The number of hydrogen-bond acceptors (Lipinski definition) is 2. The van der Waals surface area contributed by atoms with Gasteiger partial charge in [0.05, 0.1) is 33.1 Å². The van der Waals surface area contributed by atoms with E-state index in [-0.39, 0.29) is 0 Å². The highest BCUT2D eigenvalue weighted by atomic mass is 15.1. The third-order valence-electron chi connectivity index (χ3n) is 9.14. The lowest BCUT2D eigenvalue weighted by Gasteiger charge is -2.11. The minimum Gasteiger partial charge on any atom is -0.309 e. The fourth-order valence-corrected chi connectivity index (χ4v) is 7.41. The van der Waals surface area contributed by atoms with Gasteiger partial charge in [-0.3, -0.25) is 4.57 Å². The maximum atomic E-state index is 4.67. The van der Waals surface area contributed by atoms with Gasteiger partial charge in [0.2, 0.25) is 5.95 Å². The van der Waals surface area contributed by atoms with Crippen molar-refractivity contribution in [2.75, 3.05) is 0 Å². The van der Waals surface area contributed by atoms with E-state index in [4.69, 9.17) is 0 Å². The predicted octanol–water partition coefficient (Wildman–Crippen LogP) is 9.77. The van der Waals surface area contributed by atoms with E-state index in [0.717, 1.165) is 22.4 Å². The van der Waals surface area contributed by atoms with E-state index in [1.807, 2.05) is 18.5 Å². The molecule has 6 aromatic carbocycles. The molecule has 0 fully saturated rings. The summed E-state index contributed by atoms with van der Waals surface area (Å²) in [4.78, 5) is 9.35. The molecule has 210 valence electrons. The van der Waals surface area contributed by atoms with Crippen molar-refractivity contribution in [2.24, 2.45) is 0 Å². The molecule has 0 saturated carbocycles. The van der Waals surface area contributed by atoms with Gasteiger partial charge in [-0.15, -0.1) is 0 Å². The van der Waals surface area contributed by atoms with Crippen LogP contribution in [0.4, 0.5) is 0 Å². The Bertz CT molecular complexity index is 2560. The van der Waals surface area contributed by atoms with Gasteiger partial charge in [0.1, 0.15) is 0 Å². The first-order valence-corrected chi connectivity index (χ1v) is 15.2. The highest BCUT2D eigenvalue weighted by Crippen LogP contribution is 2.45. The van der Waals surface area contributed by atoms with E-state index in [9.17, 15) is 0 Å². The minimum atomic E-state index is 0.666. The lowest BCUT2D eigenvalue weighted by molar-refractivity contribution is 0.988. The number of para-hydroxylation sites is 4. The zero-order valence-corrected chi connectivity index (χ0v) is 24.2. The van der Waals surface area contributed by atoms with Crippen LogP contribution in [0, 0.1) is 0 Å². The molecule has 4 heterocycles. The molecule has 0 aliphatic rings. The Balaban J connectivity index is 1.48. The Morgan fingerprint density at radius 3 is 1.38 bits per heavy atom. The molecule has 0 aliphatic heterocycles. The summed E-state index contributed by atoms with van der Waals surface area (Å²) >= 11 is 0. The first kappa shape index (κ1) is 24.3. The van der Waals surface area contributed by atoms with Crippen LogP contribution in [0.25, 0.3) is 82.7 Å². The quantitative estimate of drug-likeness (QED) is 0.210. The maximum Gasteiger partial charge on any atom is 0.234 e. The smallest absolute Gasteiger partial charge is 0.234 e. The summed E-state index contributed by atoms with van der Waals surface area (Å²) in [7, 11) is 0. The first-order valence-electron chi connectivity index (χ1n) is 15.2. The zero-order valence-electron chi connectivity index (χ0n) is 24.2. The second kappa shape index (κ2) is 9.15. The van der Waals surface area contributed by atoms with Crippen molar-refractivity contribution < 1.29 is 0 Å². The van der Waals surface area contributed by atoms with Gasteiger partial charge in [-0.05, 0) is 54.6 Å². The van der Waals surface area contributed by atoms with Gasteiger partial charge in [0, 0.05) is 56.1 Å². The number of nitrogens with zero attached hydrogens (tertiary/aromatic N) is 5. The number of benzene rings is 6. The molecule has 0 aliphatic carbocycles. The Morgan fingerprint density at radius 2 is 0.800 bits per heavy atom. The topological polar surface area (TPSA) is 40.6 Å². The van der Waals surface area contributed by atoms with Gasteiger partial charge in [-0.25, -0.2) is 9.97 Å². The van der Waals surface area contributed by atoms with Crippen LogP contribution in [-0.2, 0) is 0 Å². The van der Waals surface area contributed by atoms with Crippen molar-refractivity contribution in [1.29, 1.82) is 0 Å². The molecular weight excluding hydrogens is 550 g/mol. The van der Waals surface area contributed by atoms with E-state index < -0.39 is 0 Å². The molecule has 0 unspecified atom stereocenters. The second-order valence-corrected chi connectivity index (χ2v) is 11.5. The van der Waals surface area contributed by atoms with Crippen LogP contribution < -0.4 is 0 Å². The van der Waals surface area contributed by atoms with Crippen LogP contribution in [0.15, 0.2) is 152 Å². The third kappa shape index (κ3) is 3.27. The summed E-state index contributed by atoms with van der Waals surface area (Å²) in [5.41, 5.74) is 9.22. The van der Waals surface area contributed by atoms with Gasteiger partial charge in [-0.2, -0.15) is 0 Å². The average Bonchev–Trinajstić information content (AvgIpc) is 3.75. The first-order chi connectivity index (χ1) is 22.4. The molecule has 0 bridgehead atoms. The number of aromatic nitrogens is 5. The van der Waals surface area contributed by atoms with Crippen LogP contribution >= 0.6 is 0 Å². The van der Waals surface area contributed by atoms with Crippen molar-refractivity contribution >= 4 is 65.4 Å². The Hall–Kier alpha value is -6.20. The Kier molecular flexibility index (Phi) is 4.93. The molecule has 0 radical (unpaired) electrons. The lowest BCUT2D eigenvalue weighted by Crippen LogP contribution is -1.99. The Labute approximate surface area is 257 Å². The summed E-state index contributed by atoms with van der Waals surface area (Å²) in [5, 5.41) is 7.29. The van der Waals surface area contributed by atoms with Crippen LogP contribution in [-0.4, -0.2) is 23.7 Å². The molecule has 0 spiro atoms. The summed E-state index contributed by atoms with van der Waals surface area (Å²) < 4.78 is 7.07. The van der Waals surface area contributed by atoms with E-state index in [0.29, 0.717) is 5.95 Å². The number of hydrogen-bond donors (Lipinski definition) is 0. The molecule has 0 amide bonds. The van der Waals surface area contributed by atoms with Crippen LogP contribution in [0.2, 0.25) is 0 Å². The van der Waals surface area contributed by atoms with Crippen molar-refractivity contribution in [3.8, 4) is 17.3 Å². The van der Waals surface area contributed by atoms with Crippen molar-refractivity contribution in [3.63, 3.8) is 0 Å². The SMILES string of the molecule is c1ccc(-n2c3ccccc3c3c2ccc2c4ccc5c(c6ccccc6n5-c5ncccn5)c4n(-c4ccccc4)c23)cc1. The average molecular weight is 576 g/mol. The highest BCUT2D eigenvalue weighted by molar-refractivity contribution is 6.31. The molecule has 10 aromatic rings. The maximum absolute atomic E-state index is 4.67. The van der Waals surface area contributed by atoms with Gasteiger partial charge in [-0.1, -0.05) is 84.9 Å². The molecule has 10 rings (SSSR count). The van der Waals surface area contributed by atoms with Crippen LogP contribution in [0.3, 0.4) is 0 Å². The lowest BCUT2D eigenvalue weighted by atomic mass is 10.1. The van der Waals surface area contributed by atoms with E-state index in [2.05, 4.69) is 157 Å². The highest BCUT2D eigenvalue weighted by Gasteiger charge is 2.24. The van der Waals surface area contributed by atoms with Crippen molar-refractivity contribution in [2.45, 2.75) is 0 Å². The van der Waals surface area contributed by atoms with Crippen LogP contribution in [0.1, 0.15) is 0 Å². The summed E-state index contributed by atoms with van der Waals surface area (Å²) in [6.07, 6.45) is 3.61. The molecule has 0 N–H and O–H groups in total. The largest absolute Gasteiger partial charge is 0.309 e. The Morgan fingerprint density at radius 1 is 0.333 bits per heavy atom.